The molecular weight excluding hydrogens is 334 g/mol. The predicted molar refractivity (Wildman–Crippen MR) is 101 cm³/mol. The molecule has 7 heteroatoms. The fourth-order valence-electron chi connectivity index (χ4n) is 2.80. The van der Waals surface area contributed by atoms with Crippen molar-refractivity contribution in [3.63, 3.8) is 0 Å². The van der Waals surface area contributed by atoms with E-state index in [1.165, 1.54) is 5.56 Å². The van der Waals surface area contributed by atoms with Gasteiger partial charge in [0.25, 0.3) is 5.91 Å². The average molecular weight is 357 g/mol. The van der Waals surface area contributed by atoms with Crippen molar-refractivity contribution in [2.75, 3.05) is 20.6 Å². The quantitative estimate of drug-likeness (QED) is 0.736. The normalized spacial score (nSPS) is 12.9. The molecule has 132 valence electrons. The monoisotopic (exact) mass is 357 g/mol. The minimum absolute atomic E-state index is 0.117. The summed E-state index contributed by atoms with van der Waals surface area (Å²) < 4.78 is 1.86. The van der Waals surface area contributed by atoms with Gasteiger partial charge in [0.05, 0.1) is 17.8 Å². The number of rotatable bonds is 6. The molecule has 3 aromatic rings. The summed E-state index contributed by atoms with van der Waals surface area (Å²) in [6, 6.07) is 4.32. The third-order valence-corrected chi connectivity index (χ3v) is 4.89. The van der Waals surface area contributed by atoms with Crippen LogP contribution in [0.25, 0.3) is 11.0 Å². The summed E-state index contributed by atoms with van der Waals surface area (Å²) in [6.07, 6.45) is 3.38. The van der Waals surface area contributed by atoms with E-state index in [0.29, 0.717) is 12.1 Å². The van der Waals surface area contributed by atoms with Crippen LogP contribution in [-0.4, -0.2) is 46.2 Å². The van der Waals surface area contributed by atoms with Gasteiger partial charge in [-0.25, -0.2) is 9.67 Å². The van der Waals surface area contributed by atoms with Crippen LogP contribution in [0.4, 0.5) is 0 Å². The van der Waals surface area contributed by atoms with Gasteiger partial charge < -0.3 is 10.2 Å². The zero-order chi connectivity index (χ0) is 18.0. The maximum Gasteiger partial charge on any atom is 0.252 e. The molecule has 3 heterocycles. The van der Waals surface area contributed by atoms with Crippen LogP contribution in [0.3, 0.4) is 0 Å². The van der Waals surface area contributed by atoms with Crippen LogP contribution >= 0.6 is 11.3 Å². The number of likely N-dealkylation sites (N-methyl/N-ethyl adjacent to an activating group) is 1. The summed E-state index contributed by atoms with van der Waals surface area (Å²) in [7, 11) is 4.03. The number of carbonyl (C=O) groups excluding carboxylic acids is 1. The van der Waals surface area contributed by atoms with Gasteiger partial charge in [-0.15, -0.1) is 0 Å². The van der Waals surface area contributed by atoms with Gasteiger partial charge in [-0.3, -0.25) is 4.79 Å². The summed E-state index contributed by atoms with van der Waals surface area (Å²) in [6.45, 7) is 4.66. The fraction of sp³-hybridized carbons (Fsp3) is 0.389. The number of carbonyl (C=O) groups is 1. The van der Waals surface area contributed by atoms with Gasteiger partial charge >= 0.3 is 0 Å². The van der Waals surface area contributed by atoms with Crippen LogP contribution in [0.15, 0.2) is 35.3 Å². The topological polar surface area (TPSA) is 63.1 Å². The smallest absolute Gasteiger partial charge is 0.252 e. The Hall–Kier alpha value is -2.25. The number of pyridine rings is 1. The van der Waals surface area contributed by atoms with Crippen molar-refractivity contribution in [2.45, 2.75) is 25.9 Å². The SMILES string of the molecule is CC(C)n1ncc2cc(C(=O)NC[C@@H](c3ccsc3)N(C)C)cnc21. The van der Waals surface area contributed by atoms with Gasteiger partial charge in [-0.1, -0.05) is 0 Å². The molecule has 0 saturated carbocycles. The molecule has 0 aliphatic heterocycles. The molecule has 0 unspecified atom stereocenters. The van der Waals surface area contributed by atoms with Gasteiger partial charge in [0.2, 0.25) is 0 Å². The maximum atomic E-state index is 12.5. The van der Waals surface area contributed by atoms with Crippen molar-refractivity contribution >= 4 is 28.3 Å². The molecule has 0 radical (unpaired) electrons. The number of hydrogen-bond acceptors (Lipinski definition) is 5. The molecule has 0 bridgehead atoms. The molecule has 3 aromatic heterocycles. The summed E-state index contributed by atoms with van der Waals surface area (Å²) in [5.41, 5.74) is 2.57. The van der Waals surface area contributed by atoms with E-state index in [4.69, 9.17) is 0 Å². The second-order valence-electron chi connectivity index (χ2n) is 6.57. The van der Waals surface area contributed by atoms with Crippen LogP contribution in [0.2, 0.25) is 0 Å². The van der Waals surface area contributed by atoms with Crippen LogP contribution in [0.5, 0.6) is 0 Å². The largest absolute Gasteiger partial charge is 0.350 e. The highest BCUT2D eigenvalue weighted by molar-refractivity contribution is 7.07. The minimum Gasteiger partial charge on any atom is -0.350 e. The van der Waals surface area contributed by atoms with Crippen molar-refractivity contribution in [3.05, 3.63) is 46.4 Å². The molecule has 0 aromatic carbocycles. The number of thiophene rings is 1. The van der Waals surface area contributed by atoms with E-state index in [2.05, 4.69) is 51.0 Å². The van der Waals surface area contributed by atoms with Gasteiger partial charge in [-0.05, 0) is 56.4 Å². The number of nitrogens with zero attached hydrogens (tertiary/aromatic N) is 4. The Morgan fingerprint density at radius 3 is 2.80 bits per heavy atom. The Morgan fingerprint density at radius 2 is 2.16 bits per heavy atom. The Bertz CT molecular complexity index is 854. The van der Waals surface area contributed by atoms with Crippen molar-refractivity contribution in [1.82, 2.24) is 25.0 Å². The molecule has 1 atom stereocenters. The minimum atomic E-state index is -0.117. The van der Waals surface area contributed by atoms with Crippen LogP contribution in [-0.2, 0) is 0 Å². The first-order valence-corrected chi connectivity index (χ1v) is 9.21. The summed E-state index contributed by atoms with van der Waals surface area (Å²) in [5.74, 6) is -0.117. The second kappa shape index (κ2) is 7.33. The number of aromatic nitrogens is 3. The van der Waals surface area contributed by atoms with Crippen molar-refractivity contribution < 1.29 is 4.79 Å². The van der Waals surface area contributed by atoms with E-state index in [9.17, 15) is 4.79 Å². The van der Waals surface area contributed by atoms with Gasteiger partial charge in [0.15, 0.2) is 5.65 Å². The molecule has 3 rings (SSSR count). The third-order valence-electron chi connectivity index (χ3n) is 4.19. The van der Waals surface area contributed by atoms with Crippen LogP contribution in [0.1, 0.15) is 41.9 Å². The number of fused-ring (bicyclic) bond motifs is 1. The first kappa shape index (κ1) is 17.6. The van der Waals surface area contributed by atoms with Crippen molar-refractivity contribution in [1.29, 1.82) is 0 Å². The van der Waals surface area contributed by atoms with Gasteiger partial charge in [0.1, 0.15) is 0 Å². The highest BCUT2D eigenvalue weighted by atomic mass is 32.1. The molecule has 0 aliphatic carbocycles. The molecule has 0 spiro atoms. The zero-order valence-corrected chi connectivity index (χ0v) is 15.7. The van der Waals surface area contributed by atoms with Crippen LogP contribution in [0, 0.1) is 0 Å². The van der Waals surface area contributed by atoms with Crippen molar-refractivity contribution in [2.24, 2.45) is 0 Å². The Labute approximate surface area is 151 Å². The van der Waals surface area contributed by atoms with Crippen molar-refractivity contribution in [3.8, 4) is 0 Å². The molecule has 25 heavy (non-hydrogen) atoms. The third kappa shape index (κ3) is 3.72. The predicted octanol–water partition coefficient (Wildman–Crippen LogP) is 3.11. The highest BCUT2D eigenvalue weighted by Crippen LogP contribution is 2.20. The lowest BCUT2D eigenvalue weighted by Crippen LogP contribution is -2.34. The fourth-order valence-corrected chi connectivity index (χ4v) is 3.50. The summed E-state index contributed by atoms with van der Waals surface area (Å²) in [4.78, 5) is 19.1. The van der Waals surface area contributed by atoms with E-state index >= 15 is 0 Å². The lowest BCUT2D eigenvalue weighted by atomic mass is 10.1. The molecule has 0 fully saturated rings. The molecule has 0 aliphatic rings. The van der Waals surface area contributed by atoms with E-state index < -0.39 is 0 Å². The first-order valence-electron chi connectivity index (χ1n) is 8.27. The Morgan fingerprint density at radius 1 is 1.36 bits per heavy atom. The van der Waals surface area contributed by atoms with Gasteiger partial charge in [0, 0.05) is 24.2 Å². The molecular formula is C18H23N5OS. The zero-order valence-electron chi connectivity index (χ0n) is 14.9. The molecule has 1 amide bonds. The van der Waals surface area contributed by atoms with E-state index in [0.717, 1.165) is 11.0 Å². The molecule has 0 saturated heterocycles. The summed E-state index contributed by atoms with van der Waals surface area (Å²) in [5, 5.41) is 12.4. The first-order chi connectivity index (χ1) is 12.0. The molecule has 6 nitrogen and oxygen atoms in total. The number of hydrogen-bond donors (Lipinski definition) is 1. The second-order valence-corrected chi connectivity index (χ2v) is 7.35. The standard InChI is InChI=1S/C18H23N5OS/c1-12(2)23-17-14(9-21-23)7-15(8-19-17)18(24)20-10-16(22(3)4)13-5-6-25-11-13/h5-9,11-12,16H,10H2,1-4H3,(H,20,24)/t16-/m0/s1. The number of nitrogens with one attached hydrogen (secondary N) is 1. The average Bonchev–Trinajstić information content (AvgIpc) is 3.23. The van der Waals surface area contributed by atoms with Crippen LogP contribution < -0.4 is 5.32 Å². The Kier molecular flexibility index (Phi) is 5.15. The van der Waals surface area contributed by atoms with E-state index in [-0.39, 0.29) is 18.0 Å². The van der Waals surface area contributed by atoms with E-state index in [1.807, 2.05) is 24.8 Å². The Balaban J connectivity index is 1.73. The molecule has 1 N–H and O–H groups in total. The number of amides is 1. The summed E-state index contributed by atoms with van der Waals surface area (Å²) >= 11 is 1.66. The van der Waals surface area contributed by atoms with E-state index in [1.54, 1.807) is 23.7 Å². The highest BCUT2D eigenvalue weighted by Gasteiger charge is 2.17. The lowest BCUT2D eigenvalue weighted by molar-refractivity contribution is 0.0942. The maximum absolute atomic E-state index is 12.5. The van der Waals surface area contributed by atoms with Gasteiger partial charge in [-0.2, -0.15) is 16.4 Å². The lowest BCUT2D eigenvalue weighted by Gasteiger charge is -2.24.